The van der Waals surface area contributed by atoms with Crippen molar-refractivity contribution in [2.75, 3.05) is 26.2 Å². The molecule has 6 heteroatoms. The summed E-state index contributed by atoms with van der Waals surface area (Å²) in [5.41, 5.74) is 0.979. The van der Waals surface area contributed by atoms with E-state index in [0.717, 1.165) is 30.8 Å². The molecule has 5 nitrogen and oxygen atoms in total. The minimum Gasteiger partial charge on any atom is -0.486 e. The van der Waals surface area contributed by atoms with E-state index in [1.54, 1.807) is 12.1 Å². The normalized spacial score (nSPS) is 19.3. The second kappa shape index (κ2) is 7.96. The van der Waals surface area contributed by atoms with E-state index in [1.807, 2.05) is 29.2 Å². The van der Waals surface area contributed by atoms with E-state index in [4.69, 9.17) is 9.47 Å². The van der Waals surface area contributed by atoms with Gasteiger partial charge in [-0.05, 0) is 42.7 Å². The Kier molecular flexibility index (Phi) is 5.25. The van der Waals surface area contributed by atoms with Crippen LogP contribution in [0.4, 0.5) is 4.39 Å². The molecule has 2 heterocycles. The highest BCUT2D eigenvalue weighted by Gasteiger charge is 2.30. The molecule has 2 atom stereocenters. The second-order valence-electron chi connectivity index (χ2n) is 6.97. The number of likely N-dealkylation sites (tertiary alicyclic amines) is 1. The van der Waals surface area contributed by atoms with E-state index in [1.165, 1.54) is 12.1 Å². The zero-order valence-electron chi connectivity index (χ0n) is 15.1. The number of para-hydroxylation sites is 2. The number of carbonyl (C=O) groups is 1. The van der Waals surface area contributed by atoms with Crippen LogP contribution in [0.3, 0.4) is 0 Å². The summed E-state index contributed by atoms with van der Waals surface area (Å²) in [4.78, 5) is 14.1. The van der Waals surface area contributed by atoms with Gasteiger partial charge >= 0.3 is 0 Å². The van der Waals surface area contributed by atoms with Gasteiger partial charge in [-0.25, -0.2) is 4.39 Å². The van der Waals surface area contributed by atoms with Crippen LogP contribution in [-0.4, -0.2) is 49.2 Å². The first kappa shape index (κ1) is 17.8. The first-order chi connectivity index (χ1) is 13.2. The lowest BCUT2D eigenvalue weighted by Gasteiger charge is -2.35. The molecule has 2 aliphatic rings. The van der Waals surface area contributed by atoms with Crippen LogP contribution in [0, 0.1) is 5.82 Å². The first-order valence-corrected chi connectivity index (χ1v) is 9.33. The zero-order valence-corrected chi connectivity index (χ0v) is 15.1. The second-order valence-corrected chi connectivity index (χ2v) is 6.97. The lowest BCUT2D eigenvalue weighted by atomic mass is 10.0. The molecule has 142 valence electrons. The van der Waals surface area contributed by atoms with Crippen LogP contribution in [0.15, 0.2) is 48.5 Å². The van der Waals surface area contributed by atoms with Crippen molar-refractivity contribution in [1.29, 1.82) is 0 Å². The van der Waals surface area contributed by atoms with Crippen LogP contribution in [0.25, 0.3) is 0 Å². The standard InChI is InChI=1S/C21H23FN2O3/c22-16-8-6-15(7-9-16)12-17(23-13-21(25)24-10-3-11-24)20-14-26-18-4-1-2-5-19(18)27-20/h1-2,4-9,17,20,23H,3,10-14H2. The third-order valence-corrected chi connectivity index (χ3v) is 5.07. The van der Waals surface area contributed by atoms with Gasteiger partial charge in [-0.15, -0.1) is 0 Å². The van der Waals surface area contributed by atoms with E-state index >= 15 is 0 Å². The van der Waals surface area contributed by atoms with E-state index < -0.39 is 0 Å². The number of nitrogens with zero attached hydrogens (tertiary/aromatic N) is 1. The van der Waals surface area contributed by atoms with Gasteiger partial charge in [0.05, 0.1) is 12.6 Å². The molecule has 2 unspecified atom stereocenters. The molecule has 0 aromatic heterocycles. The number of carbonyl (C=O) groups excluding carboxylic acids is 1. The molecule has 0 radical (unpaired) electrons. The Hall–Kier alpha value is -2.60. The van der Waals surface area contributed by atoms with Crippen molar-refractivity contribution in [1.82, 2.24) is 10.2 Å². The van der Waals surface area contributed by atoms with Crippen LogP contribution in [-0.2, 0) is 11.2 Å². The van der Waals surface area contributed by atoms with Crippen LogP contribution in [0.2, 0.25) is 0 Å². The Bertz CT molecular complexity index is 792. The molecule has 1 saturated heterocycles. The fourth-order valence-electron chi connectivity index (χ4n) is 3.34. The SMILES string of the molecule is O=C(CNC(Cc1ccc(F)cc1)C1COc2ccccc2O1)N1CCC1. The van der Waals surface area contributed by atoms with E-state index in [9.17, 15) is 9.18 Å². The van der Waals surface area contributed by atoms with Gasteiger partial charge in [0.25, 0.3) is 0 Å². The molecule has 1 N–H and O–H groups in total. The highest BCUT2D eigenvalue weighted by atomic mass is 19.1. The Morgan fingerprint density at radius 2 is 1.89 bits per heavy atom. The topological polar surface area (TPSA) is 50.8 Å². The molecular formula is C21H23FN2O3. The summed E-state index contributed by atoms with van der Waals surface area (Å²) in [7, 11) is 0. The maximum atomic E-state index is 13.2. The van der Waals surface area contributed by atoms with Gasteiger partial charge < -0.3 is 19.7 Å². The summed E-state index contributed by atoms with van der Waals surface area (Å²) in [6.07, 6.45) is 1.44. The van der Waals surface area contributed by atoms with Crippen LogP contribution < -0.4 is 14.8 Å². The number of nitrogens with one attached hydrogen (secondary N) is 1. The Morgan fingerprint density at radius 1 is 1.15 bits per heavy atom. The largest absolute Gasteiger partial charge is 0.486 e. The number of halogens is 1. The number of rotatable bonds is 6. The average Bonchev–Trinajstić information content (AvgIpc) is 2.65. The van der Waals surface area contributed by atoms with Crippen molar-refractivity contribution < 1.29 is 18.7 Å². The van der Waals surface area contributed by atoms with Gasteiger partial charge in [0.15, 0.2) is 11.5 Å². The molecular weight excluding hydrogens is 347 g/mol. The van der Waals surface area contributed by atoms with E-state index in [0.29, 0.717) is 18.8 Å². The summed E-state index contributed by atoms with van der Waals surface area (Å²) in [5.74, 6) is 1.27. The van der Waals surface area contributed by atoms with Gasteiger partial charge in [-0.2, -0.15) is 0 Å². The van der Waals surface area contributed by atoms with Gasteiger partial charge in [0.1, 0.15) is 18.5 Å². The average molecular weight is 370 g/mol. The molecule has 2 aromatic carbocycles. The van der Waals surface area contributed by atoms with Gasteiger partial charge in [0.2, 0.25) is 5.91 Å². The molecule has 0 saturated carbocycles. The van der Waals surface area contributed by atoms with Gasteiger partial charge in [0, 0.05) is 13.1 Å². The smallest absolute Gasteiger partial charge is 0.236 e. The van der Waals surface area contributed by atoms with Crippen molar-refractivity contribution >= 4 is 5.91 Å². The monoisotopic (exact) mass is 370 g/mol. The Balaban J connectivity index is 1.46. The van der Waals surface area contributed by atoms with Gasteiger partial charge in [-0.1, -0.05) is 24.3 Å². The van der Waals surface area contributed by atoms with E-state index in [-0.39, 0.29) is 30.4 Å². The summed E-state index contributed by atoms with van der Waals surface area (Å²) in [6.45, 7) is 2.32. The van der Waals surface area contributed by atoms with Crippen molar-refractivity contribution in [3.63, 3.8) is 0 Å². The molecule has 0 aliphatic carbocycles. The summed E-state index contributed by atoms with van der Waals surface area (Å²) in [6, 6.07) is 13.9. The predicted octanol–water partition coefficient (Wildman–Crippen LogP) is 2.40. The summed E-state index contributed by atoms with van der Waals surface area (Å²) >= 11 is 0. The fraction of sp³-hybridized carbons (Fsp3) is 0.381. The molecule has 0 spiro atoms. The van der Waals surface area contributed by atoms with Crippen molar-refractivity contribution in [3.8, 4) is 11.5 Å². The zero-order chi connectivity index (χ0) is 18.6. The third-order valence-electron chi connectivity index (χ3n) is 5.07. The lowest BCUT2D eigenvalue weighted by molar-refractivity contribution is -0.133. The molecule has 0 bridgehead atoms. The van der Waals surface area contributed by atoms with Crippen molar-refractivity contribution in [2.24, 2.45) is 0 Å². The molecule has 2 aromatic rings. The number of amides is 1. The maximum absolute atomic E-state index is 13.2. The fourth-order valence-corrected chi connectivity index (χ4v) is 3.34. The number of fused-ring (bicyclic) bond motifs is 1. The molecule has 4 rings (SSSR count). The molecule has 1 fully saturated rings. The maximum Gasteiger partial charge on any atom is 0.236 e. The summed E-state index contributed by atoms with van der Waals surface area (Å²) in [5, 5.41) is 3.34. The Labute approximate surface area is 158 Å². The third kappa shape index (κ3) is 4.22. The highest BCUT2D eigenvalue weighted by Crippen LogP contribution is 2.32. The number of hydrogen-bond donors (Lipinski definition) is 1. The predicted molar refractivity (Wildman–Crippen MR) is 99.4 cm³/mol. The van der Waals surface area contributed by atoms with Crippen LogP contribution >= 0.6 is 0 Å². The minimum atomic E-state index is -0.262. The van der Waals surface area contributed by atoms with Crippen molar-refractivity contribution in [2.45, 2.75) is 25.0 Å². The highest BCUT2D eigenvalue weighted by molar-refractivity contribution is 5.78. The quantitative estimate of drug-likeness (QED) is 0.848. The number of hydrogen-bond acceptors (Lipinski definition) is 4. The molecule has 27 heavy (non-hydrogen) atoms. The molecule has 1 amide bonds. The lowest BCUT2D eigenvalue weighted by Crippen LogP contribution is -2.53. The van der Waals surface area contributed by atoms with Gasteiger partial charge in [-0.3, -0.25) is 4.79 Å². The van der Waals surface area contributed by atoms with Crippen molar-refractivity contribution in [3.05, 3.63) is 59.9 Å². The number of benzene rings is 2. The minimum absolute atomic E-state index is 0.0995. The van der Waals surface area contributed by atoms with Crippen LogP contribution in [0.5, 0.6) is 11.5 Å². The summed E-state index contributed by atoms with van der Waals surface area (Å²) < 4.78 is 25.2. The number of ether oxygens (including phenoxy) is 2. The first-order valence-electron chi connectivity index (χ1n) is 9.33. The molecule has 2 aliphatic heterocycles. The van der Waals surface area contributed by atoms with Crippen LogP contribution in [0.1, 0.15) is 12.0 Å². The Morgan fingerprint density at radius 3 is 2.59 bits per heavy atom. The van der Waals surface area contributed by atoms with E-state index in [2.05, 4.69) is 5.32 Å².